The molecule has 12 aromatic rings. The Morgan fingerprint density at radius 2 is 0.398 bits per heavy atom. The largest absolute Gasteiger partial charge is 0.490 e. The molecule has 0 N–H and O–H groups in total. The molecule has 0 amide bonds. The Morgan fingerprint density at radius 1 is 0.211 bits per heavy atom. The monoisotopic (exact) mass is 1740 g/mol. The van der Waals surface area contributed by atoms with Gasteiger partial charge in [-0.05, 0) is 272 Å². The molecule has 14 heteroatoms. The minimum Gasteiger partial charge on any atom is -0.490 e. The number of rotatable bonds is 58. The average Bonchev–Trinajstić information content (AvgIpc) is 0.747. The fourth-order valence-corrected chi connectivity index (χ4v) is 16.6. The van der Waals surface area contributed by atoms with Crippen LogP contribution in [0.1, 0.15) is 312 Å². The molecule has 0 saturated carbocycles. The third-order valence-electron chi connectivity index (χ3n) is 24.2. The van der Waals surface area contributed by atoms with Gasteiger partial charge < -0.3 is 56.8 Å². The quantitative estimate of drug-likeness (QED) is 0.0117. The molecule has 0 aliphatic heterocycles. The second-order valence-corrected chi connectivity index (χ2v) is 34.5. The van der Waals surface area contributed by atoms with E-state index < -0.39 is 0 Å². The van der Waals surface area contributed by atoms with Gasteiger partial charge in [0.1, 0.15) is 0 Å². The van der Waals surface area contributed by atoms with E-state index in [4.69, 9.17) is 56.8 Å². The van der Waals surface area contributed by atoms with Gasteiger partial charge in [-0.15, -0.1) is 0 Å². The summed E-state index contributed by atoms with van der Waals surface area (Å²) in [6, 6.07) is 42.9. The van der Waals surface area contributed by atoms with Gasteiger partial charge in [-0.2, -0.15) is 0 Å². The number of hydrogen-bond donors (Lipinski definition) is 0. The fraction of sp³-hybridized carbons (Fsp3) is 0.491. The van der Waals surface area contributed by atoms with Crippen molar-refractivity contribution in [2.24, 2.45) is 0 Å². The highest BCUT2D eigenvalue weighted by molar-refractivity contribution is 6.29. The molecular formula is C114H142O14. The van der Waals surface area contributed by atoms with Crippen LogP contribution in [-0.2, 0) is 9.59 Å². The van der Waals surface area contributed by atoms with Crippen molar-refractivity contribution in [1.82, 2.24) is 0 Å². The van der Waals surface area contributed by atoms with Gasteiger partial charge in [-0.3, -0.25) is 9.59 Å². The SMILES string of the molecule is CCCCOc1cc2c3cc(OCCCC)c(OCCCC)cc3c3cc(OC(=O)CCCCCCCCC#Cc4ccc5ccc6c(C#CCCCCCCCCC(=O)Oc7cc8c9cc(OCCCC)c(OCCCC)cc9c9cc(OCCCC)c(OCCCC)cc9c8cc7OCCCC)ccc7ccc4c5c76)c(OCCCC)cc3c2cc1OCCCC. The number of hydrogen-bond acceptors (Lipinski definition) is 14. The summed E-state index contributed by atoms with van der Waals surface area (Å²) in [4.78, 5) is 28.0. The Kier molecular flexibility index (Phi) is 38.8. The van der Waals surface area contributed by atoms with Crippen LogP contribution in [0.3, 0.4) is 0 Å². The van der Waals surface area contributed by atoms with E-state index in [1.165, 1.54) is 32.3 Å². The minimum absolute atomic E-state index is 0.270. The van der Waals surface area contributed by atoms with Gasteiger partial charge in [0.05, 0.1) is 66.1 Å². The molecule has 0 fully saturated rings. The van der Waals surface area contributed by atoms with Crippen LogP contribution in [0.2, 0.25) is 0 Å². The van der Waals surface area contributed by atoms with E-state index in [1.54, 1.807) is 0 Å². The molecule has 0 aromatic heterocycles. The van der Waals surface area contributed by atoms with E-state index in [1.807, 2.05) is 12.1 Å². The zero-order valence-electron chi connectivity index (χ0n) is 78.8. The van der Waals surface area contributed by atoms with Crippen LogP contribution in [0, 0.1) is 23.7 Å². The molecule has 0 aliphatic rings. The first-order valence-electron chi connectivity index (χ1n) is 49.5. The summed E-state index contributed by atoms with van der Waals surface area (Å²) < 4.78 is 78.1. The van der Waals surface area contributed by atoms with E-state index in [0.29, 0.717) is 136 Å². The molecule has 0 radical (unpaired) electrons. The van der Waals surface area contributed by atoms with Crippen molar-refractivity contribution in [3.63, 3.8) is 0 Å². The first kappa shape index (κ1) is 96.4. The number of esters is 2. The summed E-state index contributed by atoms with van der Waals surface area (Å²) in [6.07, 6.45) is 33.1. The third kappa shape index (κ3) is 25.9. The average molecular weight is 1740 g/mol. The van der Waals surface area contributed by atoms with Crippen LogP contribution in [0.25, 0.3) is 97.0 Å². The van der Waals surface area contributed by atoms with Crippen molar-refractivity contribution >= 4 is 109 Å². The molecule has 0 aliphatic carbocycles. The van der Waals surface area contributed by atoms with Crippen LogP contribution >= 0.6 is 0 Å². The Hall–Kier alpha value is -10.7. The van der Waals surface area contributed by atoms with Crippen LogP contribution in [0.5, 0.6) is 69.0 Å². The number of unbranched alkanes of at least 4 members (excludes halogenated alkanes) is 22. The predicted molar refractivity (Wildman–Crippen MR) is 531 cm³/mol. The molecule has 12 aromatic carbocycles. The summed E-state index contributed by atoms with van der Waals surface area (Å²) in [5, 5.41) is 18.9. The molecule has 128 heavy (non-hydrogen) atoms. The van der Waals surface area contributed by atoms with Crippen LogP contribution in [0.15, 0.2) is 121 Å². The summed E-state index contributed by atoms with van der Waals surface area (Å²) in [6.45, 7) is 27.3. The van der Waals surface area contributed by atoms with Crippen LogP contribution in [0.4, 0.5) is 0 Å². The Balaban J connectivity index is 0.639. The third-order valence-corrected chi connectivity index (χ3v) is 24.2. The van der Waals surface area contributed by atoms with E-state index in [0.717, 1.165) is 306 Å². The van der Waals surface area contributed by atoms with Crippen molar-refractivity contribution in [3.8, 4) is 92.7 Å². The van der Waals surface area contributed by atoms with Crippen molar-refractivity contribution in [2.75, 3.05) is 66.1 Å². The topological polar surface area (TPSA) is 145 Å². The van der Waals surface area contributed by atoms with E-state index >= 15 is 0 Å². The van der Waals surface area contributed by atoms with Crippen molar-refractivity contribution < 1.29 is 66.4 Å². The van der Waals surface area contributed by atoms with E-state index in [9.17, 15) is 9.59 Å². The maximum atomic E-state index is 14.0. The Bertz CT molecular complexity index is 5290. The van der Waals surface area contributed by atoms with Gasteiger partial charge in [0, 0.05) is 36.8 Å². The number of benzene rings is 12. The Labute approximate surface area is 762 Å². The predicted octanol–water partition coefficient (Wildman–Crippen LogP) is 31.4. The maximum Gasteiger partial charge on any atom is 0.311 e. The normalized spacial score (nSPS) is 11.5. The van der Waals surface area contributed by atoms with Crippen molar-refractivity contribution in [1.29, 1.82) is 0 Å². The fourth-order valence-electron chi connectivity index (χ4n) is 16.6. The number of fused-ring (bicyclic) bond motifs is 12. The summed E-state index contributed by atoms with van der Waals surface area (Å²) in [5.41, 5.74) is 2.10. The lowest BCUT2D eigenvalue weighted by Gasteiger charge is -2.20. The Morgan fingerprint density at radius 3 is 0.617 bits per heavy atom. The summed E-state index contributed by atoms with van der Waals surface area (Å²) >= 11 is 0. The minimum atomic E-state index is -0.270. The summed E-state index contributed by atoms with van der Waals surface area (Å²) in [7, 11) is 0. The molecule has 0 heterocycles. The van der Waals surface area contributed by atoms with Gasteiger partial charge in [0.15, 0.2) is 69.0 Å². The van der Waals surface area contributed by atoms with Gasteiger partial charge in [-0.25, -0.2) is 0 Å². The zero-order valence-corrected chi connectivity index (χ0v) is 78.8. The lowest BCUT2D eigenvalue weighted by Crippen LogP contribution is -2.09. The number of carbonyl (C=O) groups excluding carboxylic acids is 2. The highest BCUT2D eigenvalue weighted by atomic mass is 16.6. The molecule has 0 unspecified atom stereocenters. The first-order valence-corrected chi connectivity index (χ1v) is 49.5. The van der Waals surface area contributed by atoms with Gasteiger partial charge in [0.2, 0.25) is 0 Å². The highest BCUT2D eigenvalue weighted by Crippen LogP contribution is 2.51. The van der Waals surface area contributed by atoms with Crippen molar-refractivity contribution in [3.05, 3.63) is 132 Å². The smallest absolute Gasteiger partial charge is 0.311 e. The molecule has 0 bridgehead atoms. The second kappa shape index (κ2) is 51.5. The van der Waals surface area contributed by atoms with Crippen LogP contribution in [-0.4, -0.2) is 78.0 Å². The van der Waals surface area contributed by atoms with E-state index in [2.05, 4.69) is 202 Å². The zero-order chi connectivity index (χ0) is 89.6. The molecule has 12 rings (SSSR count). The maximum absolute atomic E-state index is 14.0. The standard InChI is InChI=1S/C114H142O14/c1-11-21-59-117-99-69-87-89-71-101(119-61-23-13-3)105(123-65-27-17-7)75-93(89)97-79-109(107(125-67-29-19-9)77-95(97)91(87)73-103(99)121-63-25-15-5)127-111(115)49-45-41-37-33-31-35-39-43-47-81-51-53-83-56-58-86-82(52-54-84-55-57-85(81)113(83)114(84)86)48-44-40-36-32-34-38-42-46-50-112(116)128-110-80-98-94-76-106(124-66-28-18-8)102(120-62-24-14-4)72-90(94)88-70-100(118-60-22-12-2)104(122-64-26-16-6)74-92(88)96(98)78-108(110)126-68-30-20-10/h51-58,69-80H,11-42,45-46,49-50,59-68H2,1-10H3. The van der Waals surface area contributed by atoms with Crippen LogP contribution < -0.4 is 56.8 Å². The number of ether oxygens (including phenoxy) is 12. The van der Waals surface area contributed by atoms with Gasteiger partial charge >= 0.3 is 11.9 Å². The second-order valence-electron chi connectivity index (χ2n) is 34.5. The van der Waals surface area contributed by atoms with Crippen molar-refractivity contribution in [2.45, 2.75) is 300 Å². The molecule has 14 nitrogen and oxygen atoms in total. The molecule has 682 valence electrons. The van der Waals surface area contributed by atoms with Gasteiger partial charge in [-0.1, -0.05) is 245 Å². The van der Waals surface area contributed by atoms with Gasteiger partial charge in [0.25, 0.3) is 0 Å². The lowest BCUT2D eigenvalue weighted by atomic mass is 9.90. The molecule has 0 spiro atoms. The molecule has 0 saturated heterocycles. The lowest BCUT2D eigenvalue weighted by molar-refractivity contribution is -0.135. The molecular weight excluding hydrogens is 1590 g/mol. The first-order chi connectivity index (χ1) is 63.0. The van der Waals surface area contributed by atoms with E-state index in [-0.39, 0.29) is 11.9 Å². The molecule has 0 atom stereocenters. The highest BCUT2D eigenvalue weighted by Gasteiger charge is 2.26. The number of carbonyl (C=O) groups is 2. The summed E-state index contributed by atoms with van der Waals surface area (Å²) in [5.74, 6) is 21.3.